The molecular formula is C32H44N2O5. The molecule has 0 saturated carbocycles. The van der Waals surface area contributed by atoms with Crippen LogP contribution in [0.5, 0.6) is 5.75 Å². The van der Waals surface area contributed by atoms with Crippen LogP contribution in [0, 0.1) is 12.3 Å². The van der Waals surface area contributed by atoms with E-state index in [0.29, 0.717) is 30.8 Å². The molecule has 0 radical (unpaired) electrons. The normalized spacial score (nSPS) is 16.8. The molecule has 0 bridgehead atoms. The van der Waals surface area contributed by atoms with Crippen molar-refractivity contribution in [3.63, 3.8) is 0 Å². The zero-order valence-corrected chi connectivity index (χ0v) is 24.1. The minimum Gasteiger partial charge on any atom is -0.469 e. The largest absolute Gasteiger partial charge is 0.469 e. The number of carbonyl (C=O) groups is 3. The molecule has 0 aromatic heterocycles. The number of urea groups is 1. The van der Waals surface area contributed by atoms with Crippen LogP contribution in [-0.2, 0) is 9.53 Å². The number of aryl methyl sites for hydroxylation is 1. The van der Waals surface area contributed by atoms with Crippen molar-refractivity contribution in [1.82, 2.24) is 10.2 Å². The van der Waals surface area contributed by atoms with E-state index in [-0.39, 0.29) is 17.9 Å². The highest BCUT2D eigenvalue weighted by Crippen LogP contribution is 2.46. The predicted octanol–water partition coefficient (Wildman–Crippen LogP) is 7.34. The van der Waals surface area contributed by atoms with Crippen molar-refractivity contribution in [2.24, 2.45) is 5.41 Å². The fourth-order valence-electron chi connectivity index (χ4n) is 5.10. The molecule has 2 aromatic carbocycles. The second-order valence-electron chi connectivity index (χ2n) is 10.4. The maximum absolute atomic E-state index is 13.4. The second kappa shape index (κ2) is 14.2. The van der Waals surface area contributed by atoms with Gasteiger partial charge in [-0.3, -0.25) is 4.79 Å². The smallest absolute Gasteiger partial charge is 0.338 e. The summed E-state index contributed by atoms with van der Waals surface area (Å²) >= 11 is 0. The molecule has 1 heterocycles. The monoisotopic (exact) mass is 536 g/mol. The number of imide groups is 1. The topological polar surface area (TPSA) is 84.9 Å². The lowest BCUT2D eigenvalue weighted by Crippen LogP contribution is -2.73. The fraction of sp³-hybridized carbons (Fsp3) is 0.531. The lowest BCUT2D eigenvalue weighted by molar-refractivity contribution is -0.191. The molecule has 1 N–H and O–H groups in total. The van der Waals surface area contributed by atoms with E-state index in [2.05, 4.69) is 19.2 Å². The van der Waals surface area contributed by atoms with Crippen LogP contribution < -0.4 is 10.1 Å². The van der Waals surface area contributed by atoms with Crippen LogP contribution in [0.15, 0.2) is 48.5 Å². The molecule has 2 atom stereocenters. The number of nitrogens with zero attached hydrogens (tertiary/aromatic N) is 1. The molecule has 1 aliphatic heterocycles. The Hall–Kier alpha value is -3.35. The van der Waals surface area contributed by atoms with Gasteiger partial charge in [-0.15, -0.1) is 0 Å². The molecular weight excluding hydrogens is 492 g/mol. The number of esters is 1. The van der Waals surface area contributed by atoms with Gasteiger partial charge in [0.25, 0.3) is 0 Å². The van der Waals surface area contributed by atoms with Crippen LogP contribution >= 0.6 is 0 Å². The van der Waals surface area contributed by atoms with Crippen molar-refractivity contribution in [2.45, 2.75) is 98.3 Å². The number of nitrogens with one attached hydrogen (secondary N) is 1. The van der Waals surface area contributed by atoms with Gasteiger partial charge in [-0.2, -0.15) is 0 Å². The van der Waals surface area contributed by atoms with Gasteiger partial charge in [0.2, 0.25) is 5.91 Å². The Balaban J connectivity index is 1.71. The van der Waals surface area contributed by atoms with Crippen molar-refractivity contribution < 1.29 is 23.9 Å². The molecule has 3 rings (SSSR count). The van der Waals surface area contributed by atoms with Crippen LogP contribution in [0.2, 0.25) is 0 Å². The lowest BCUT2D eigenvalue weighted by Gasteiger charge is -2.53. The number of likely N-dealkylation sites (tertiary alicyclic amines) is 1. The van der Waals surface area contributed by atoms with E-state index in [0.717, 1.165) is 49.7 Å². The molecule has 3 amide bonds. The lowest BCUT2D eigenvalue weighted by atomic mass is 9.72. The third-order valence-electron chi connectivity index (χ3n) is 7.76. The summed E-state index contributed by atoms with van der Waals surface area (Å²) in [7, 11) is 0. The number of carbonyl (C=O) groups excluding carboxylic acids is 3. The number of hydrogen-bond acceptors (Lipinski definition) is 5. The highest BCUT2D eigenvalue weighted by Gasteiger charge is 2.63. The number of β-lactam (4-membered cyclic amide) rings is 1. The third kappa shape index (κ3) is 7.00. The molecule has 1 fully saturated rings. The van der Waals surface area contributed by atoms with E-state index in [4.69, 9.17) is 9.47 Å². The Bertz CT molecular complexity index is 1090. The van der Waals surface area contributed by atoms with E-state index in [1.807, 2.05) is 45.0 Å². The van der Waals surface area contributed by atoms with Gasteiger partial charge in [0.05, 0.1) is 18.2 Å². The average molecular weight is 537 g/mol. The van der Waals surface area contributed by atoms with Crippen molar-refractivity contribution >= 4 is 17.9 Å². The van der Waals surface area contributed by atoms with Crippen molar-refractivity contribution in [1.29, 1.82) is 0 Å². The van der Waals surface area contributed by atoms with Crippen molar-refractivity contribution in [3.05, 3.63) is 65.2 Å². The van der Waals surface area contributed by atoms with Gasteiger partial charge in [-0.05, 0) is 62.4 Å². The number of ether oxygens (including phenoxy) is 2. The van der Waals surface area contributed by atoms with Gasteiger partial charge in [-0.1, -0.05) is 83.2 Å². The van der Waals surface area contributed by atoms with E-state index < -0.39 is 17.7 Å². The molecule has 7 nitrogen and oxygen atoms in total. The molecule has 2 unspecified atom stereocenters. The summed E-state index contributed by atoms with van der Waals surface area (Å²) in [6.07, 6.45) is 6.16. The number of hydrogen-bond donors (Lipinski definition) is 1. The zero-order valence-electron chi connectivity index (χ0n) is 24.1. The first-order valence-electron chi connectivity index (χ1n) is 14.5. The van der Waals surface area contributed by atoms with Crippen LogP contribution in [0.4, 0.5) is 4.79 Å². The Morgan fingerprint density at radius 3 is 2.18 bits per heavy atom. The van der Waals surface area contributed by atoms with Gasteiger partial charge in [0.15, 0.2) is 6.23 Å². The summed E-state index contributed by atoms with van der Waals surface area (Å²) in [6.45, 7) is 10.5. The molecule has 1 aliphatic rings. The molecule has 2 aromatic rings. The quantitative estimate of drug-likeness (QED) is 0.155. The number of amides is 3. The van der Waals surface area contributed by atoms with Crippen molar-refractivity contribution in [3.8, 4) is 5.75 Å². The van der Waals surface area contributed by atoms with Gasteiger partial charge < -0.3 is 14.8 Å². The van der Waals surface area contributed by atoms with E-state index in [1.165, 1.54) is 4.90 Å². The molecule has 7 heteroatoms. The summed E-state index contributed by atoms with van der Waals surface area (Å²) in [6, 6.07) is 14.1. The van der Waals surface area contributed by atoms with Gasteiger partial charge in [0.1, 0.15) is 11.2 Å². The Morgan fingerprint density at radius 2 is 1.59 bits per heavy atom. The van der Waals surface area contributed by atoms with Gasteiger partial charge >= 0.3 is 12.0 Å². The second-order valence-corrected chi connectivity index (χ2v) is 10.4. The highest BCUT2D eigenvalue weighted by molar-refractivity contribution is 6.03. The first kappa shape index (κ1) is 30.2. The summed E-state index contributed by atoms with van der Waals surface area (Å²) in [4.78, 5) is 40.4. The van der Waals surface area contributed by atoms with E-state index >= 15 is 0 Å². The van der Waals surface area contributed by atoms with Gasteiger partial charge in [0, 0.05) is 0 Å². The Labute approximate surface area is 233 Å². The standard InChI is InChI=1S/C32H44N2O5/c1-6-10-11-12-22-38-28(35)25-18-20-26(21-19-25)39-30-32(8-3,9-4)29(36)34(30)31(37)33-27(13-7-2)24-16-14-23(5)15-17-24/h14-21,27,30H,6-13,22H2,1-5H3,(H,33,37). The van der Waals surface area contributed by atoms with Crippen LogP contribution in [0.1, 0.15) is 107 Å². The predicted molar refractivity (Wildman–Crippen MR) is 153 cm³/mol. The maximum Gasteiger partial charge on any atom is 0.338 e. The van der Waals surface area contributed by atoms with Crippen LogP contribution in [-0.4, -0.2) is 35.6 Å². The SMILES string of the molecule is CCCCCCOC(=O)c1ccc(OC2N(C(=O)NC(CCC)c3ccc(C)cc3)C(=O)C2(CC)CC)cc1. The summed E-state index contributed by atoms with van der Waals surface area (Å²) < 4.78 is 11.6. The summed E-state index contributed by atoms with van der Waals surface area (Å²) in [5.41, 5.74) is 1.81. The third-order valence-corrected chi connectivity index (χ3v) is 7.76. The van der Waals surface area contributed by atoms with Crippen LogP contribution in [0.3, 0.4) is 0 Å². The minimum absolute atomic E-state index is 0.206. The average Bonchev–Trinajstić information content (AvgIpc) is 2.94. The van der Waals surface area contributed by atoms with Gasteiger partial charge in [-0.25, -0.2) is 14.5 Å². The van der Waals surface area contributed by atoms with Crippen LogP contribution in [0.25, 0.3) is 0 Å². The molecule has 212 valence electrons. The fourth-order valence-corrected chi connectivity index (χ4v) is 5.10. The minimum atomic E-state index is -0.780. The first-order chi connectivity index (χ1) is 18.8. The number of rotatable bonds is 14. The zero-order chi connectivity index (χ0) is 28.4. The Morgan fingerprint density at radius 1 is 0.923 bits per heavy atom. The Kier molecular flexibility index (Phi) is 11.0. The van der Waals surface area contributed by atoms with E-state index in [1.54, 1.807) is 24.3 Å². The van der Waals surface area contributed by atoms with E-state index in [9.17, 15) is 14.4 Å². The molecule has 1 saturated heterocycles. The molecule has 39 heavy (non-hydrogen) atoms. The van der Waals surface area contributed by atoms with Crippen molar-refractivity contribution in [2.75, 3.05) is 6.61 Å². The molecule has 0 aliphatic carbocycles. The highest BCUT2D eigenvalue weighted by atomic mass is 16.5. The number of benzene rings is 2. The summed E-state index contributed by atoms with van der Waals surface area (Å²) in [5, 5.41) is 3.07. The number of unbranched alkanes of at least 4 members (excludes halogenated alkanes) is 3. The first-order valence-corrected chi connectivity index (χ1v) is 14.5. The molecule has 0 spiro atoms. The summed E-state index contributed by atoms with van der Waals surface area (Å²) in [5.74, 6) is -0.107. The maximum atomic E-state index is 13.4.